The number of ketones is 1. The van der Waals surface area contributed by atoms with E-state index in [0.29, 0.717) is 32.3 Å². The Labute approximate surface area is 222 Å². The molecule has 3 heterocycles. The summed E-state index contributed by atoms with van der Waals surface area (Å²) in [6.07, 6.45) is 1.75. The Morgan fingerprint density at radius 3 is 2.30 bits per heavy atom. The molecular formula is C28H22Cl2N4O3. The lowest BCUT2D eigenvalue weighted by Crippen LogP contribution is -2.28. The lowest BCUT2D eigenvalue weighted by molar-refractivity contribution is 0.0887. The number of nitroso groups, excluding NO2 is 1. The van der Waals surface area contributed by atoms with Crippen molar-refractivity contribution < 1.29 is 9.21 Å². The summed E-state index contributed by atoms with van der Waals surface area (Å²) in [5.74, 6) is -0.450. The topological polar surface area (TPSA) is 101 Å². The van der Waals surface area contributed by atoms with Gasteiger partial charge >= 0.3 is 0 Å². The van der Waals surface area contributed by atoms with E-state index in [2.05, 4.69) is 15.4 Å². The second kappa shape index (κ2) is 9.25. The number of rotatable bonds is 6. The number of fused-ring (bicyclic) bond motifs is 1. The Balaban J connectivity index is 1.74. The van der Waals surface area contributed by atoms with Gasteiger partial charge in [-0.3, -0.25) is 9.89 Å². The van der Waals surface area contributed by atoms with Gasteiger partial charge in [-0.1, -0.05) is 52.6 Å². The number of benzene rings is 2. The fraction of sp³-hybridized carbons (Fsp3) is 0.179. The number of halogens is 2. The summed E-state index contributed by atoms with van der Waals surface area (Å²) in [4.78, 5) is 29.1. The summed E-state index contributed by atoms with van der Waals surface area (Å²) in [6, 6.07) is 15.0. The molecule has 0 fully saturated rings. The first-order chi connectivity index (χ1) is 17.6. The molecule has 0 radical (unpaired) electrons. The van der Waals surface area contributed by atoms with Crippen LogP contribution in [0, 0.1) is 18.8 Å². The van der Waals surface area contributed by atoms with E-state index < -0.39 is 11.3 Å². The number of furan rings is 1. The number of hydrogen-bond acceptors (Lipinski definition) is 6. The van der Waals surface area contributed by atoms with Crippen molar-refractivity contribution in [3.8, 4) is 33.5 Å². The van der Waals surface area contributed by atoms with Crippen LogP contribution in [0.2, 0.25) is 10.0 Å². The maximum absolute atomic E-state index is 13.0. The van der Waals surface area contributed by atoms with Gasteiger partial charge in [0.2, 0.25) is 11.5 Å². The zero-order valence-electron chi connectivity index (χ0n) is 20.5. The summed E-state index contributed by atoms with van der Waals surface area (Å²) < 4.78 is 5.92. The lowest BCUT2D eigenvalue weighted by atomic mass is 9.94. The molecule has 5 rings (SSSR count). The van der Waals surface area contributed by atoms with Gasteiger partial charge in [0, 0.05) is 38.4 Å². The van der Waals surface area contributed by atoms with Crippen molar-refractivity contribution in [1.29, 1.82) is 0 Å². The third-order valence-electron chi connectivity index (χ3n) is 6.44. The molecule has 0 saturated carbocycles. The normalized spacial score (nSPS) is 11.7. The third kappa shape index (κ3) is 4.34. The summed E-state index contributed by atoms with van der Waals surface area (Å²) in [5, 5.41) is 11.8. The Bertz CT molecular complexity index is 1680. The van der Waals surface area contributed by atoms with Crippen LogP contribution in [0.4, 0.5) is 0 Å². The zero-order chi connectivity index (χ0) is 26.5. The average molecular weight is 533 g/mol. The maximum atomic E-state index is 13.0. The highest BCUT2D eigenvalue weighted by Gasteiger charge is 2.35. The third-order valence-corrected chi connectivity index (χ3v) is 7.01. The highest BCUT2D eigenvalue weighted by Crippen LogP contribution is 2.40. The Hall–Kier alpha value is -3.81. The van der Waals surface area contributed by atoms with Crippen LogP contribution in [0.5, 0.6) is 0 Å². The van der Waals surface area contributed by atoms with E-state index >= 15 is 0 Å². The molecule has 7 nitrogen and oxygen atoms in total. The molecule has 0 spiro atoms. The molecule has 2 aromatic carbocycles. The van der Waals surface area contributed by atoms with Gasteiger partial charge < -0.3 is 4.42 Å². The minimum absolute atomic E-state index is 0.0585. The van der Waals surface area contributed by atoms with Crippen molar-refractivity contribution in [2.75, 3.05) is 0 Å². The fourth-order valence-electron chi connectivity index (χ4n) is 4.25. The summed E-state index contributed by atoms with van der Waals surface area (Å²) in [5.41, 5.74) is 5.10. The van der Waals surface area contributed by atoms with E-state index in [-0.39, 0.29) is 11.5 Å². The van der Waals surface area contributed by atoms with Crippen molar-refractivity contribution in [3.05, 3.63) is 86.7 Å². The molecule has 0 saturated heterocycles. The number of nitrogens with zero attached hydrogens (tertiary/aromatic N) is 3. The zero-order valence-corrected chi connectivity index (χ0v) is 22.0. The van der Waals surface area contributed by atoms with Crippen LogP contribution in [0.15, 0.2) is 64.3 Å². The highest BCUT2D eigenvalue weighted by molar-refractivity contribution is 6.34. The fourth-order valence-corrected chi connectivity index (χ4v) is 4.64. The smallest absolute Gasteiger partial charge is 0.228 e. The molecular weight excluding hydrogens is 511 g/mol. The Morgan fingerprint density at radius 1 is 0.973 bits per heavy atom. The van der Waals surface area contributed by atoms with Crippen LogP contribution in [-0.4, -0.2) is 26.5 Å². The van der Waals surface area contributed by atoms with E-state index in [0.717, 1.165) is 27.9 Å². The van der Waals surface area contributed by atoms with Gasteiger partial charge in [0.1, 0.15) is 0 Å². The Kier molecular flexibility index (Phi) is 6.22. The van der Waals surface area contributed by atoms with E-state index in [4.69, 9.17) is 32.6 Å². The number of hydrogen-bond donors (Lipinski definition) is 1. The van der Waals surface area contributed by atoms with Crippen LogP contribution in [0.25, 0.3) is 44.6 Å². The number of aromatic amines is 1. The number of aryl methyl sites for hydroxylation is 2. The van der Waals surface area contributed by atoms with E-state index in [1.807, 2.05) is 43.3 Å². The predicted octanol–water partition coefficient (Wildman–Crippen LogP) is 8.20. The van der Waals surface area contributed by atoms with Crippen molar-refractivity contribution in [1.82, 2.24) is 15.2 Å². The number of carbonyl (C=O) groups excluding carboxylic acids is 1. The highest BCUT2D eigenvalue weighted by atomic mass is 35.5. The Morgan fingerprint density at radius 2 is 1.68 bits per heavy atom. The summed E-state index contributed by atoms with van der Waals surface area (Å²) in [6.45, 7) is 6.62. The SMILES string of the molecule is Cc1[nH]ncc1-c1ccc(-c2nc3oc(C(=O)C(C)(C)N=O)c(C)c3cc2-c2ccc(Cl)cc2)c(Cl)c1. The first-order valence-corrected chi connectivity index (χ1v) is 12.3. The monoisotopic (exact) mass is 532 g/mol. The van der Waals surface area contributed by atoms with Crippen LogP contribution in [0.1, 0.15) is 35.7 Å². The number of nitrogens with one attached hydrogen (secondary N) is 1. The minimum atomic E-state index is -1.47. The summed E-state index contributed by atoms with van der Waals surface area (Å²) in [7, 11) is 0. The quantitative estimate of drug-likeness (QED) is 0.175. The maximum Gasteiger partial charge on any atom is 0.228 e. The van der Waals surface area contributed by atoms with Crippen molar-refractivity contribution in [2.45, 2.75) is 33.2 Å². The van der Waals surface area contributed by atoms with Crippen molar-refractivity contribution >= 4 is 40.1 Å². The van der Waals surface area contributed by atoms with Gasteiger partial charge in [-0.25, -0.2) is 4.98 Å². The molecule has 0 amide bonds. The molecule has 186 valence electrons. The van der Waals surface area contributed by atoms with Crippen molar-refractivity contribution in [3.63, 3.8) is 0 Å². The molecule has 9 heteroatoms. The van der Waals surface area contributed by atoms with Gasteiger partial charge in [-0.2, -0.15) is 5.10 Å². The van der Waals surface area contributed by atoms with E-state index in [1.54, 1.807) is 25.3 Å². The number of pyridine rings is 1. The van der Waals surface area contributed by atoms with Crippen molar-refractivity contribution in [2.24, 2.45) is 5.18 Å². The first kappa shape index (κ1) is 24.9. The number of aromatic nitrogens is 3. The predicted molar refractivity (Wildman–Crippen MR) is 146 cm³/mol. The van der Waals surface area contributed by atoms with Gasteiger partial charge in [0.25, 0.3) is 0 Å². The van der Waals surface area contributed by atoms with Crippen LogP contribution >= 0.6 is 23.2 Å². The molecule has 0 unspecified atom stereocenters. The molecule has 3 aromatic heterocycles. The lowest BCUT2D eigenvalue weighted by Gasteiger charge is -2.12. The molecule has 0 atom stereocenters. The molecule has 37 heavy (non-hydrogen) atoms. The van der Waals surface area contributed by atoms with Gasteiger partial charge in [-0.15, -0.1) is 4.91 Å². The number of Topliss-reactive ketones (excluding diaryl/α,β-unsaturated/α-hetero) is 1. The first-order valence-electron chi connectivity index (χ1n) is 11.5. The molecule has 1 N–H and O–H groups in total. The second-order valence-corrected chi connectivity index (χ2v) is 10.2. The second-order valence-electron chi connectivity index (χ2n) is 9.38. The van der Waals surface area contributed by atoms with Crippen LogP contribution in [0.3, 0.4) is 0 Å². The molecule has 0 bridgehead atoms. The number of carbonyl (C=O) groups is 1. The molecule has 0 aliphatic heterocycles. The molecule has 0 aliphatic carbocycles. The van der Waals surface area contributed by atoms with E-state index in [9.17, 15) is 9.70 Å². The van der Waals surface area contributed by atoms with Gasteiger partial charge in [-0.05, 0) is 63.1 Å². The largest absolute Gasteiger partial charge is 0.434 e. The van der Waals surface area contributed by atoms with Crippen LogP contribution < -0.4 is 0 Å². The van der Waals surface area contributed by atoms with E-state index in [1.165, 1.54) is 13.8 Å². The minimum Gasteiger partial charge on any atom is -0.434 e. The van der Waals surface area contributed by atoms with Gasteiger partial charge in [0.05, 0.1) is 16.9 Å². The molecule has 5 aromatic rings. The number of H-pyrrole nitrogens is 1. The van der Waals surface area contributed by atoms with Crippen LogP contribution in [-0.2, 0) is 0 Å². The van der Waals surface area contributed by atoms with Gasteiger partial charge in [0.15, 0.2) is 11.3 Å². The molecule has 0 aliphatic rings. The summed E-state index contributed by atoms with van der Waals surface area (Å²) >= 11 is 13.0. The average Bonchev–Trinajstić information content (AvgIpc) is 3.45. The standard InChI is InChI=1S/C28H22Cl2N4O3/c1-14-20-12-21(16-5-8-18(29)9-6-16)24(32-27(20)37-25(14)26(35)28(3,4)34-36)19-10-7-17(11-23(19)30)22-13-31-33-15(22)2/h5-13H,1-4H3,(H,31,33).